The summed E-state index contributed by atoms with van der Waals surface area (Å²) in [4.78, 5) is 14.1. The number of nitro groups is 1. The van der Waals surface area contributed by atoms with Crippen molar-refractivity contribution in [2.45, 2.75) is 140 Å². The number of aryl methyl sites for hydroxylation is 8. The predicted octanol–water partition coefficient (Wildman–Crippen LogP) is 20.4. The van der Waals surface area contributed by atoms with E-state index in [9.17, 15) is 83.7 Å². The molecule has 0 aliphatic heterocycles. The van der Waals surface area contributed by atoms with E-state index >= 15 is 0 Å². The van der Waals surface area contributed by atoms with Gasteiger partial charge in [0.05, 0.1) is 42.1 Å². The zero-order valence-corrected chi connectivity index (χ0v) is 61.5. The summed E-state index contributed by atoms with van der Waals surface area (Å²) in [5, 5.41) is 14.6. The van der Waals surface area contributed by atoms with Crippen molar-refractivity contribution in [2.24, 2.45) is 0 Å². The van der Waals surface area contributed by atoms with Crippen LogP contribution in [-0.2, 0) is 99.4 Å². The molecule has 0 radical (unpaired) electrons. The minimum atomic E-state index is -4.76. The van der Waals surface area contributed by atoms with Crippen LogP contribution in [0.25, 0.3) is 5.69 Å². The molecule has 1 heterocycles. The highest BCUT2D eigenvalue weighted by molar-refractivity contribution is 9.10. The van der Waals surface area contributed by atoms with Crippen LogP contribution in [0.15, 0.2) is 202 Å². The minimum absolute atomic E-state index is 0.0347. The number of hydrogen-bond acceptors (Lipinski definition) is 10. The Bertz CT molecular complexity index is 4280. The van der Waals surface area contributed by atoms with Crippen molar-refractivity contribution in [1.82, 2.24) is 14.8 Å². The summed E-state index contributed by atoms with van der Waals surface area (Å²) in [5.41, 5.74) is 4.54. The third kappa shape index (κ3) is 31.4. The number of nitro benzene ring substituents is 1. The maximum absolute atomic E-state index is 13.2. The van der Waals surface area contributed by atoms with Gasteiger partial charge in [-0.05, 0) is 181 Å². The van der Waals surface area contributed by atoms with Crippen molar-refractivity contribution in [1.29, 1.82) is 0 Å². The Labute approximate surface area is 591 Å². The minimum Gasteiger partial charge on any atom is -0.258 e. The molecule has 9 aromatic rings. The van der Waals surface area contributed by atoms with E-state index in [1.165, 1.54) is 54.9 Å². The molecule has 0 aliphatic carbocycles. The van der Waals surface area contributed by atoms with Crippen LogP contribution < -0.4 is 0 Å². The molecule has 0 bridgehead atoms. The molecule has 0 spiro atoms. The van der Waals surface area contributed by atoms with Gasteiger partial charge in [-0.25, -0.2) is 43.7 Å². The van der Waals surface area contributed by atoms with Crippen LogP contribution in [-0.4, -0.2) is 63.7 Å². The smallest absolute Gasteiger partial charge is 0.258 e. The van der Waals surface area contributed by atoms with Crippen LogP contribution in [0.2, 0.25) is 5.02 Å². The highest BCUT2D eigenvalue weighted by atomic mass is 79.9. The Morgan fingerprint density at radius 1 is 0.470 bits per heavy atom. The molecule has 0 saturated carbocycles. The highest BCUT2D eigenvalue weighted by Crippen LogP contribution is 2.38. The summed E-state index contributed by atoms with van der Waals surface area (Å²) in [6, 6.07) is 44.0. The maximum atomic E-state index is 13.2. The molecule has 12 nitrogen and oxygen atoms in total. The molecular formula is C72H79BrClF11N4O8S3. The van der Waals surface area contributed by atoms with Crippen molar-refractivity contribution in [3.8, 4) is 5.69 Å². The van der Waals surface area contributed by atoms with Crippen LogP contribution in [0.3, 0.4) is 0 Å². The Kier molecular flexibility index (Phi) is 36.3. The van der Waals surface area contributed by atoms with Gasteiger partial charge >= 0.3 is 18.5 Å². The summed E-state index contributed by atoms with van der Waals surface area (Å²) in [7, 11) is -9.66. The van der Waals surface area contributed by atoms with Crippen LogP contribution in [0, 0.1) is 21.7 Å². The van der Waals surface area contributed by atoms with Gasteiger partial charge in [-0.3, -0.25) is 10.1 Å². The van der Waals surface area contributed by atoms with E-state index in [1.54, 1.807) is 72.5 Å². The number of nitrogens with zero attached hydrogens (tertiary/aromatic N) is 4. The molecule has 1 aromatic heterocycles. The van der Waals surface area contributed by atoms with Gasteiger partial charge in [-0.2, -0.15) is 44.6 Å². The maximum Gasteiger partial charge on any atom is 0.416 e. The molecule has 0 N–H and O–H groups in total. The van der Waals surface area contributed by atoms with Crippen molar-refractivity contribution in [3.63, 3.8) is 0 Å². The average molecular weight is 1550 g/mol. The summed E-state index contributed by atoms with van der Waals surface area (Å²) < 4.78 is 206. The fraction of sp³-hybridized carbons (Fsp3) is 0.306. The largest absolute Gasteiger partial charge is 0.416 e. The topological polar surface area (TPSA) is 176 Å². The Balaban J connectivity index is 0.000000390. The van der Waals surface area contributed by atoms with Gasteiger partial charge in [-0.15, -0.1) is 0 Å². The number of alkyl halides is 9. The lowest BCUT2D eigenvalue weighted by Gasteiger charge is -2.14. The number of halogens is 13. The Hall–Kier alpha value is -7.85. The van der Waals surface area contributed by atoms with Gasteiger partial charge in [0.1, 0.15) is 29.2 Å². The quantitative estimate of drug-likeness (QED) is 0.0613. The van der Waals surface area contributed by atoms with Gasteiger partial charge in [-0.1, -0.05) is 156 Å². The second-order valence-corrected chi connectivity index (χ2v) is 28.9. The number of rotatable bonds is 13. The van der Waals surface area contributed by atoms with E-state index in [4.69, 9.17) is 11.6 Å². The molecule has 28 heteroatoms. The monoisotopic (exact) mass is 1550 g/mol. The van der Waals surface area contributed by atoms with Gasteiger partial charge in [0.2, 0.25) is 0 Å². The van der Waals surface area contributed by atoms with E-state index in [-0.39, 0.29) is 50.4 Å². The van der Waals surface area contributed by atoms with Gasteiger partial charge in [0, 0.05) is 35.4 Å². The highest BCUT2D eigenvalue weighted by Gasteiger charge is 2.38. The summed E-state index contributed by atoms with van der Waals surface area (Å²) in [6.07, 6.45) is -1.58. The number of non-ortho nitro benzene ring substituents is 1. The van der Waals surface area contributed by atoms with Gasteiger partial charge < -0.3 is 0 Å². The van der Waals surface area contributed by atoms with Crippen LogP contribution >= 0.6 is 27.5 Å². The molecule has 0 aliphatic rings. The fourth-order valence-electron chi connectivity index (χ4n) is 8.37. The summed E-state index contributed by atoms with van der Waals surface area (Å²) >= 11 is 9.19. The first kappa shape index (κ1) is 88.2. The van der Waals surface area contributed by atoms with E-state index in [0.29, 0.717) is 28.5 Å². The molecule has 8 aromatic carbocycles. The van der Waals surface area contributed by atoms with Crippen molar-refractivity contribution >= 4 is 62.7 Å². The van der Waals surface area contributed by atoms with Crippen LogP contribution in [0.4, 0.5) is 54.0 Å². The second kappa shape index (κ2) is 41.2. The lowest BCUT2D eigenvalue weighted by molar-refractivity contribution is -0.384. The normalized spacial score (nSPS) is 11.2. The standard InChI is InChI=1S/C10H8F6.C10H11N3.C9H11ClO2S.C9H8F4.C9H11FO2S.C9H12O2S.C8H9Br.C8H9NO2/c1-2-6-3-4-7(9(11,12)13)5-8(6)10(14,15)16;1-2-9-3-5-10(6-4-9)13-8-11-7-12-13;1-3-7-4-5-9(8(10)6-7)13(2,11)12;1-2-6-3-4-7(10)5-8(6)9(11,12)13;1-3-7-4-5-9(8(10)6-7)13(2,11)12;1-3-8-5-4-6-9(7-8)12(2,10)11;1-2-7-3-5-8(9)6-4-7;1-2-7-3-5-8(6-4-7)9(10)11/h3-5H,2H2,1H3;3-8H,2H2,1H3;4-6H,3H2,1-2H3;3-5H,2H2,1H3;4-6H,3H2,1-2H3;4-7H,3H2,1-2H3;3-6H,2H2,1H3;3-6H,2H2,1H3. The number of sulfone groups is 3. The lowest BCUT2D eigenvalue weighted by Crippen LogP contribution is -2.13. The molecule has 100 heavy (non-hydrogen) atoms. The zero-order chi connectivity index (χ0) is 76.0. The van der Waals surface area contributed by atoms with Gasteiger partial charge in [0.25, 0.3) is 5.69 Å². The van der Waals surface area contributed by atoms with E-state index < -0.39 is 76.4 Å². The molecule has 0 fully saturated rings. The third-order valence-electron chi connectivity index (χ3n) is 14.1. The van der Waals surface area contributed by atoms with Crippen LogP contribution in [0.1, 0.15) is 117 Å². The predicted molar refractivity (Wildman–Crippen MR) is 375 cm³/mol. The van der Waals surface area contributed by atoms with Crippen molar-refractivity contribution < 1.29 is 78.5 Å². The van der Waals surface area contributed by atoms with Crippen LogP contribution in [0.5, 0.6) is 0 Å². The molecule has 0 unspecified atom stereocenters. The SMILES string of the molecule is CCc1ccc(-n2cncn2)cc1.CCc1ccc(Br)cc1.CCc1ccc(C(F)(F)F)cc1C(F)(F)F.CCc1ccc(F)cc1C(F)(F)F.CCc1ccc(S(C)(=O)=O)c(Cl)c1.CCc1ccc(S(C)(=O)=O)c(F)c1.CCc1ccc([N+](=O)[O-])cc1.CCc1cccc(S(C)(=O)=O)c1. The molecule has 0 atom stereocenters. The lowest BCUT2D eigenvalue weighted by atomic mass is 10.0. The fourth-order valence-corrected chi connectivity index (χ4v) is 11.4. The van der Waals surface area contributed by atoms with E-state index in [2.05, 4.69) is 76.3 Å². The third-order valence-corrected chi connectivity index (χ3v) is 18.5. The first-order valence-corrected chi connectivity index (χ1v) is 37.7. The van der Waals surface area contributed by atoms with Gasteiger partial charge in [0.15, 0.2) is 29.5 Å². The van der Waals surface area contributed by atoms with E-state index in [0.717, 1.165) is 95.2 Å². The second-order valence-electron chi connectivity index (χ2n) is 21.5. The Morgan fingerprint density at radius 3 is 1.28 bits per heavy atom. The Morgan fingerprint density at radius 2 is 0.890 bits per heavy atom. The first-order chi connectivity index (χ1) is 46.5. The molecule has 9 rings (SSSR count). The summed E-state index contributed by atoms with van der Waals surface area (Å²) in [6.45, 7) is 15.2. The molecule has 0 saturated heterocycles. The van der Waals surface area contributed by atoms with E-state index in [1.807, 2.05) is 45.9 Å². The van der Waals surface area contributed by atoms with Crippen molar-refractivity contribution in [2.75, 3.05) is 18.8 Å². The molecule has 544 valence electrons. The zero-order valence-electron chi connectivity index (χ0n) is 56.7. The number of hydrogen-bond donors (Lipinski definition) is 0. The molecular weight excluding hydrogens is 1470 g/mol. The average Bonchev–Trinajstić information content (AvgIpc) is 0.894. The molecule has 0 amide bonds. The first-order valence-electron chi connectivity index (χ1n) is 30.8. The number of aromatic nitrogens is 3. The number of benzene rings is 8. The summed E-state index contributed by atoms with van der Waals surface area (Å²) in [5.74, 6) is -1.52. The van der Waals surface area contributed by atoms with Crippen molar-refractivity contribution in [3.05, 3.63) is 275 Å².